The van der Waals surface area contributed by atoms with Crippen molar-refractivity contribution in [2.75, 3.05) is 39.9 Å². The zero-order valence-electron chi connectivity index (χ0n) is 11.7. The molecule has 1 aromatic heterocycles. The second-order valence-corrected chi connectivity index (χ2v) is 5.79. The highest BCUT2D eigenvalue weighted by Crippen LogP contribution is 2.26. The molecule has 2 aliphatic rings. The minimum absolute atomic E-state index is 0.408. The van der Waals surface area contributed by atoms with E-state index in [2.05, 4.69) is 27.2 Å². The largest absolute Gasteiger partial charge is 0.379 e. The van der Waals surface area contributed by atoms with Gasteiger partial charge in [0.25, 0.3) is 0 Å². The first kappa shape index (κ1) is 13.1. The topological polar surface area (TPSA) is 53.2 Å². The number of aromatic amines is 1. The molecule has 2 aliphatic heterocycles. The predicted molar refractivity (Wildman–Crippen MR) is 74.4 cm³/mol. The Hall–Kier alpha value is -0.910. The monoisotopic (exact) mass is 264 g/mol. The molecule has 0 aliphatic carbocycles. The van der Waals surface area contributed by atoms with E-state index in [1.807, 2.05) is 6.20 Å². The van der Waals surface area contributed by atoms with Gasteiger partial charge in [0.15, 0.2) is 0 Å². The summed E-state index contributed by atoms with van der Waals surface area (Å²) in [5, 5.41) is 3.47. The molecule has 2 saturated heterocycles. The van der Waals surface area contributed by atoms with Crippen LogP contribution in [0.3, 0.4) is 0 Å². The second kappa shape index (κ2) is 6.03. The Labute approximate surface area is 114 Å². The first-order valence-electron chi connectivity index (χ1n) is 7.34. The Balaban J connectivity index is 1.56. The summed E-state index contributed by atoms with van der Waals surface area (Å²) >= 11 is 0. The van der Waals surface area contributed by atoms with Gasteiger partial charge in [-0.1, -0.05) is 0 Å². The van der Waals surface area contributed by atoms with Crippen LogP contribution in [-0.2, 0) is 11.2 Å². The van der Waals surface area contributed by atoms with Crippen LogP contribution in [0.15, 0.2) is 6.20 Å². The molecule has 3 rings (SSSR count). The zero-order chi connectivity index (χ0) is 13.1. The zero-order valence-corrected chi connectivity index (χ0v) is 11.7. The standard InChI is InChI=1S/C14H24N4O/c1-18-5-2-11(3-6-18)13-9-16-14(17-13)8-12-10-19-7-4-15-12/h9,11-12,15H,2-8,10H2,1H3,(H,16,17). The molecule has 0 amide bonds. The molecule has 0 saturated carbocycles. The lowest BCUT2D eigenvalue weighted by Gasteiger charge is -2.28. The quantitative estimate of drug-likeness (QED) is 0.846. The lowest BCUT2D eigenvalue weighted by Crippen LogP contribution is -2.42. The molecule has 0 radical (unpaired) electrons. The van der Waals surface area contributed by atoms with Crippen molar-refractivity contribution in [2.45, 2.75) is 31.2 Å². The molecule has 5 heteroatoms. The van der Waals surface area contributed by atoms with Gasteiger partial charge >= 0.3 is 0 Å². The van der Waals surface area contributed by atoms with Gasteiger partial charge in [0.1, 0.15) is 5.82 Å². The Kier molecular flexibility index (Phi) is 4.15. The van der Waals surface area contributed by atoms with Gasteiger partial charge in [-0.15, -0.1) is 0 Å². The van der Waals surface area contributed by atoms with Crippen LogP contribution in [0.4, 0.5) is 0 Å². The van der Waals surface area contributed by atoms with E-state index in [1.54, 1.807) is 0 Å². The third-order valence-corrected chi connectivity index (χ3v) is 4.24. The number of aromatic nitrogens is 2. The van der Waals surface area contributed by atoms with E-state index in [0.29, 0.717) is 12.0 Å². The Morgan fingerprint density at radius 1 is 1.42 bits per heavy atom. The highest BCUT2D eigenvalue weighted by Gasteiger charge is 2.21. The summed E-state index contributed by atoms with van der Waals surface area (Å²) < 4.78 is 5.48. The van der Waals surface area contributed by atoms with Gasteiger partial charge in [-0.3, -0.25) is 0 Å². The van der Waals surface area contributed by atoms with Crippen molar-refractivity contribution in [1.29, 1.82) is 0 Å². The van der Waals surface area contributed by atoms with Crippen LogP contribution in [0.25, 0.3) is 0 Å². The maximum atomic E-state index is 5.48. The lowest BCUT2D eigenvalue weighted by atomic mass is 9.94. The Morgan fingerprint density at radius 2 is 2.26 bits per heavy atom. The number of ether oxygens (including phenoxy) is 1. The van der Waals surface area contributed by atoms with Crippen LogP contribution in [-0.4, -0.2) is 60.8 Å². The first-order valence-corrected chi connectivity index (χ1v) is 7.34. The SMILES string of the molecule is CN1CCC(c2cnc(CC3COCCN3)[nH]2)CC1. The molecule has 0 bridgehead atoms. The number of nitrogens with one attached hydrogen (secondary N) is 2. The number of nitrogens with zero attached hydrogens (tertiary/aromatic N) is 2. The molecule has 0 spiro atoms. The summed E-state index contributed by atoms with van der Waals surface area (Å²) in [7, 11) is 2.20. The van der Waals surface area contributed by atoms with E-state index < -0.39 is 0 Å². The maximum Gasteiger partial charge on any atom is 0.107 e. The van der Waals surface area contributed by atoms with Gasteiger partial charge in [0.2, 0.25) is 0 Å². The molecular formula is C14H24N4O. The van der Waals surface area contributed by atoms with Crippen molar-refractivity contribution in [3.63, 3.8) is 0 Å². The van der Waals surface area contributed by atoms with E-state index in [9.17, 15) is 0 Å². The van der Waals surface area contributed by atoms with Crippen molar-refractivity contribution in [2.24, 2.45) is 0 Å². The van der Waals surface area contributed by atoms with Gasteiger partial charge in [-0.25, -0.2) is 4.98 Å². The molecule has 5 nitrogen and oxygen atoms in total. The fraction of sp³-hybridized carbons (Fsp3) is 0.786. The van der Waals surface area contributed by atoms with E-state index >= 15 is 0 Å². The minimum atomic E-state index is 0.408. The summed E-state index contributed by atoms with van der Waals surface area (Å²) in [5.74, 6) is 1.75. The molecule has 2 fully saturated rings. The van der Waals surface area contributed by atoms with Crippen molar-refractivity contribution in [3.05, 3.63) is 17.7 Å². The van der Waals surface area contributed by atoms with Crippen LogP contribution < -0.4 is 5.32 Å². The average molecular weight is 264 g/mol. The molecule has 1 aromatic rings. The van der Waals surface area contributed by atoms with E-state index in [1.165, 1.54) is 31.6 Å². The van der Waals surface area contributed by atoms with Gasteiger partial charge < -0.3 is 19.9 Å². The Morgan fingerprint density at radius 3 is 3.00 bits per heavy atom. The molecule has 19 heavy (non-hydrogen) atoms. The van der Waals surface area contributed by atoms with Crippen LogP contribution in [0.2, 0.25) is 0 Å². The summed E-state index contributed by atoms with van der Waals surface area (Å²) in [6.07, 6.45) is 5.45. The van der Waals surface area contributed by atoms with Crippen molar-refractivity contribution in [3.8, 4) is 0 Å². The lowest BCUT2D eigenvalue weighted by molar-refractivity contribution is 0.0764. The van der Waals surface area contributed by atoms with E-state index in [4.69, 9.17) is 4.74 Å². The fourth-order valence-electron chi connectivity index (χ4n) is 2.99. The molecule has 3 heterocycles. The molecule has 1 unspecified atom stereocenters. The second-order valence-electron chi connectivity index (χ2n) is 5.79. The van der Waals surface area contributed by atoms with Gasteiger partial charge in [-0.05, 0) is 33.0 Å². The van der Waals surface area contributed by atoms with Gasteiger partial charge in [0.05, 0.1) is 13.2 Å². The highest BCUT2D eigenvalue weighted by atomic mass is 16.5. The number of H-pyrrole nitrogens is 1. The van der Waals surface area contributed by atoms with Crippen molar-refractivity contribution in [1.82, 2.24) is 20.2 Å². The molecule has 106 valence electrons. The average Bonchev–Trinajstić information content (AvgIpc) is 2.89. The fourth-order valence-corrected chi connectivity index (χ4v) is 2.99. The maximum absolute atomic E-state index is 5.48. The smallest absolute Gasteiger partial charge is 0.107 e. The van der Waals surface area contributed by atoms with Crippen LogP contribution in [0.5, 0.6) is 0 Å². The molecule has 1 atom stereocenters. The summed E-state index contributed by atoms with van der Waals surface area (Å²) in [6, 6.07) is 0.408. The van der Waals surface area contributed by atoms with Crippen LogP contribution in [0, 0.1) is 0 Å². The number of hydrogen-bond donors (Lipinski definition) is 2. The number of likely N-dealkylation sites (tertiary alicyclic amines) is 1. The van der Waals surface area contributed by atoms with Gasteiger partial charge in [0, 0.05) is 36.8 Å². The molecule has 0 aromatic carbocycles. The van der Waals surface area contributed by atoms with Gasteiger partial charge in [-0.2, -0.15) is 0 Å². The third-order valence-electron chi connectivity index (χ3n) is 4.24. The van der Waals surface area contributed by atoms with E-state index in [0.717, 1.165) is 32.0 Å². The third kappa shape index (κ3) is 3.35. The van der Waals surface area contributed by atoms with E-state index in [-0.39, 0.29) is 0 Å². The van der Waals surface area contributed by atoms with Crippen molar-refractivity contribution < 1.29 is 4.74 Å². The molecule has 2 N–H and O–H groups in total. The number of rotatable bonds is 3. The van der Waals surface area contributed by atoms with Crippen LogP contribution >= 0.6 is 0 Å². The van der Waals surface area contributed by atoms with Crippen LogP contribution in [0.1, 0.15) is 30.3 Å². The number of imidazole rings is 1. The van der Waals surface area contributed by atoms with Crippen molar-refractivity contribution >= 4 is 0 Å². The number of hydrogen-bond acceptors (Lipinski definition) is 4. The predicted octanol–water partition coefficient (Wildman–Crippen LogP) is 0.750. The Bertz CT molecular complexity index is 392. The first-order chi connectivity index (χ1) is 9.31. The number of morpholine rings is 1. The normalized spacial score (nSPS) is 26.7. The minimum Gasteiger partial charge on any atom is -0.379 e. The highest BCUT2D eigenvalue weighted by molar-refractivity contribution is 5.09. The summed E-state index contributed by atoms with van der Waals surface area (Å²) in [5.41, 5.74) is 1.32. The summed E-state index contributed by atoms with van der Waals surface area (Å²) in [4.78, 5) is 10.5. The molecular weight excluding hydrogens is 240 g/mol. The summed E-state index contributed by atoms with van der Waals surface area (Å²) in [6.45, 7) is 4.96. The number of piperidine rings is 1.